The second-order valence-corrected chi connectivity index (χ2v) is 6.00. The van der Waals surface area contributed by atoms with Crippen LogP contribution in [0.15, 0.2) is 48.5 Å². The minimum Gasteiger partial charge on any atom is -0.494 e. The molecule has 0 unspecified atom stereocenters. The normalized spacial score (nSPS) is 10.1. The molecule has 0 spiro atoms. The zero-order valence-corrected chi connectivity index (χ0v) is 16.0. The third kappa shape index (κ3) is 6.75. The number of hydrogen-bond acceptors (Lipinski definition) is 5. The molecule has 2 amide bonds. The summed E-state index contributed by atoms with van der Waals surface area (Å²) in [6.45, 7) is 4.00. The average molecular weight is 384 g/mol. The molecular weight excluding hydrogens is 360 g/mol. The second-order valence-electron chi connectivity index (χ2n) is 6.00. The van der Waals surface area contributed by atoms with Gasteiger partial charge < -0.3 is 20.1 Å². The first-order chi connectivity index (χ1) is 13.5. The van der Waals surface area contributed by atoms with E-state index in [0.29, 0.717) is 24.5 Å². The summed E-state index contributed by atoms with van der Waals surface area (Å²) in [5, 5.41) is 5.14. The van der Waals surface area contributed by atoms with E-state index in [1.807, 2.05) is 38.1 Å². The minimum absolute atomic E-state index is 0.322. The van der Waals surface area contributed by atoms with Crippen LogP contribution in [0.4, 0.5) is 0 Å². The first-order valence-corrected chi connectivity index (χ1v) is 8.97. The molecule has 7 heteroatoms. The van der Waals surface area contributed by atoms with Crippen molar-refractivity contribution in [1.29, 1.82) is 0 Å². The van der Waals surface area contributed by atoms with Gasteiger partial charge in [-0.05, 0) is 49.2 Å². The third-order valence-electron chi connectivity index (χ3n) is 3.92. The molecule has 0 aliphatic rings. The smallest absolute Gasteiger partial charge is 0.325 e. The molecule has 2 N–H and O–H groups in total. The number of rotatable bonds is 9. The summed E-state index contributed by atoms with van der Waals surface area (Å²) in [7, 11) is 0. The molecule has 2 aromatic rings. The quantitative estimate of drug-likeness (QED) is 0.645. The molecule has 0 fully saturated rings. The fourth-order valence-electron chi connectivity index (χ4n) is 2.37. The SMILES string of the molecule is CCOc1ccc(C(=O)NCC(=O)OCC(=O)NCc2ccccc2C)cc1. The zero-order chi connectivity index (χ0) is 20.4. The van der Waals surface area contributed by atoms with Crippen LogP contribution in [0.1, 0.15) is 28.4 Å². The van der Waals surface area contributed by atoms with Crippen molar-refractivity contribution >= 4 is 17.8 Å². The lowest BCUT2D eigenvalue weighted by Gasteiger charge is -2.09. The van der Waals surface area contributed by atoms with Crippen molar-refractivity contribution in [2.45, 2.75) is 20.4 Å². The van der Waals surface area contributed by atoms with E-state index in [1.54, 1.807) is 24.3 Å². The Morgan fingerprint density at radius 1 is 0.964 bits per heavy atom. The van der Waals surface area contributed by atoms with Gasteiger partial charge in [-0.25, -0.2) is 0 Å². The molecule has 28 heavy (non-hydrogen) atoms. The predicted molar refractivity (Wildman–Crippen MR) is 104 cm³/mol. The van der Waals surface area contributed by atoms with Crippen LogP contribution in [0, 0.1) is 6.92 Å². The topological polar surface area (TPSA) is 93.7 Å². The Kier molecular flexibility index (Phi) is 8.02. The molecule has 0 saturated heterocycles. The fourth-order valence-corrected chi connectivity index (χ4v) is 2.37. The van der Waals surface area contributed by atoms with Crippen LogP contribution in [0.3, 0.4) is 0 Å². The lowest BCUT2D eigenvalue weighted by atomic mass is 10.1. The maximum absolute atomic E-state index is 12.0. The van der Waals surface area contributed by atoms with Gasteiger partial charge in [-0.3, -0.25) is 14.4 Å². The zero-order valence-electron chi connectivity index (χ0n) is 16.0. The monoisotopic (exact) mass is 384 g/mol. The Morgan fingerprint density at radius 3 is 2.36 bits per heavy atom. The summed E-state index contributed by atoms with van der Waals surface area (Å²) in [6.07, 6.45) is 0. The molecule has 2 aromatic carbocycles. The highest BCUT2D eigenvalue weighted by Crippen LogP contribution is 2.11. The Bertz CT molecular complexity index is 818. The summed E-state index contributed by atoms with van der Waals surface area (Å²) in [5.41, 5.74) is 2.45. The number of aryl methyl sites for hydroxylation is 1. The maximum atomic E-state index is 12.0. The lowest BCUT2D eigenvalue weighted by Crippen LogP contribution is -2.33. The van der Waals surface area contributed by atoms with E-state index in [2.05, 4.69) is 10.6 Å². The van der Waals surface area contributed by atoms with Gasteiger partial charge in [0.05, 0.1) is 6.61 Å². The number of nitrogens with one attached hydrogen (secondary N) is 2. The van der Waals surface area contributed by atoms with Crippen LogP contribution in [0.25, 0.3) is 0 Å². The molecular formula is C21H24N2O5. The summed E-state index contributed by atoms with van der Waals surface area (Å²) >= 11 is 0. The van der Waals surface area contributed by atoms with Crippen LogP contribution in [0.2, 0.25) is 0 Å². The molecule has 7 nitrogen and oxygen atoms in total. The van der Waals surface area contributed by atoms with Gasteiger partial charge >= 0.3 is 5.97 Å². The highest BCUT2D eigenvalue weighted by Gasteiger charge is 2.11. The van der Waals surface area contributed by atoms with Crippen LogP contribution < -0.4 is 15.4 Å². The first kappa shape index (κ1) is 21.0. The Labute approximate surface area is 164 Å². The molecule has 0 aliphatic carbocycles. The Morgan fingerprint density at radius 2 is 1.68 bits per heavy atom. The molecule has 0 aromatic heterocycles. The van der Waals surface area contributed by atoms with Gasteiger partial charge in [-0.1, -0.05) is 24.3 Å². The van der Waals surface area contributed by atoms with Gasteiger partial charge in [0.15, 0.2) is 6.61 Å². The Balaban J connectivity index is 1.68. The second kappa shape index (κ2) is 10.7. The van der Waals surface area contributed by atoms with Crippen molar-refractivity contribution in [3.05, 3.63) is 65.2 Å². The summed E-state index contributed by atoms with van der Waals surface area (Å²) in [6, 6.07) is 14.2. The van der Waals surface area contributed by atoms with Crippen molar-refractivity contribution in [1.82, 2.24) is 10.6 Å². The van der Waals surface area contributed by atoms with Crippen molar-refractivity contribution in [3.63, 3.8) is 0 Å². The molecule has 0 atom stereocenters. The molecule has 0 radical (unpaired) electrons. The van der Waals surface area contributed by atoms with E-state index < -0.39 is 24.4 Å². The number of benzene rings is 2. The average Bonchev–Trinajstić information content (AvgIpc) is 2.70. The number of carbonyl (C=O) groups is 3. The predicted octanol–water partition coefficient (Wildman–Crippen LogP) is 1.98. The van der Waals surface area contributed by atoms with Crippen LogP contribution in [-0.2, 0) is 20.9 Å². The van der Waals surface area contributed by atoms with E-state index in [1.165, 1.54) is 0 Å². The highest BCUT2D eigenvalue weighted by atomic mass is 16.5. The largest absolute Gasteiger partial charge is 0.494 e. The lowest BCUT2D eigenvalue weighted by molar-refractivity contribution is -0.147. The van der Waals surface area contributed by atoms with Crippen LogP contribution in [-0.4, -0.2) is 37.5 Å². The molecule has 0 heterocycles. The molecule has 0 aliphatic heterocycles. The highest BCUT2D eigenvalue weighted by molar-refractivity contribution is 5.96. The molecule has 0 bridgehead atoms. The summed E-state index contributed by atoms with van der Waals surface area (Å²) < 4.78 is 10.2. The van der Waals surface area contributed by atoms with Crippen molar-refractivity contribution in [2.75, 3.05) is 19.8 Å². The molecule has 2 rings (SSSR count). The van der Waals surface area contributed by atoms with Gasteiger partial charge in [-0.15, -0.1) is 0 Å². The van der Waals surface area contributed by atoms with Gasteiger partial charge in [0.25, 0.3) is 11.8 Å². The Hall–Kier alpha value is -3.35. The third-order valence-corrected chi connectivity index (χ3v) is 3.92. The van der Waals surface area contributed by atoms with E-state index in [-0.39, 0.29) is 6.54 Å². The van der Waals surface area contributed by atoms with Crippen molar-refractivity contribution in [2.24, 2.45) is 0 Å². The van der Waals surface area contributed by atoms with E-state index in [4.69, 9.17) is 9.47 Å². The van der Waals surface area contributed by atoms with Crippen molar-refractivity contribution < 1.29 is 23.9 Å². The fraction of sp³-hybridized carbons (Fsp3) is 0.286. The van der Waals surface area contributed by atoms with E-state index >= 15 is 0 Å². The van der Waals surface area contributed by atoms with Gasteiger partial charge in [0.2, 0.25) is 0 Å². The van der Waals surface area contributed by atoms with Gasteiger partial charge in [-0.2, -0.15) is 0 Å². The number of esters is 1. The van der Waals surface area contributed by atoms with E-state index in [0.717, 1.165) is 11.1 Å². The number of hydrogen-bond donors (Lipinski definition) is 2. The van der Waals surface area contributed by atoms with Crippen LogP contribution in [0.5, 0.6) is 5.75 Å². The number of amides is 2. The minimum atomic E-state index is -0.690. The first-order valence-electron chi connectivity index (χ1n) is 8.97. The van der Waals surface area contributed by atoms with Gasteiger partial charge in [0.1, 0.15) is 12.3 Å². The summed E-state index contributed by atoms with van der Waals surface area (Å²) in [5.74, 6) is -0.848. The molecule has 148 valence electrons. The number of carbonyl (C=O) groups excluding carboxylic acids is 3. The maximum Gasteiger partial charge on any atom is 0.325 e. The van der Waals surface area contributed by atoms with Gasteiger partial charge in [0, 0.05) is 12.1 Å². The molecule has 0 saturated carbocycles. The van der Waals surface area contributed by atoms with E-state index in [9.17, 15) is 14.4 Å². The standard InChI is InChI=1S/C21H24N2O5/c1-3-27-18-10-8-16(9-11-18)21(26)23-13-20(25)28-14-19(24)22-12-17-7-5-4-6-15(17)2/h4-11H,3,12-14H2,1-2H3,(H,22,24)(H,23,26). The summed E-state index contributed by atoms with van der Waals surface area (Å²) in [4.78, 5) is 35.5. The number of ether oxygens (including phenoxy) is 2. The van der Waals surface area contributed by atoms with Crippen LogP contribution >= 0.6 is 0 Å². The van der Waals surface area contributed by atoms with Crippen molar-refractivity contribution in [3.8, 4) is 5.75 Å².